The van der Waals surface area contributed by atoms with Crippen LogP contribution in [0.15, 0.2) is 69.9 Å². The topological polar surface area (TPSA) is 50.8 Å². The van der Waals surface area contributed by atoms with Crippen LogP contribution in [0.2, 0.25) is 0 Å². The molecule has 1 aromatic carbocycles. The maximum absolute atomic E-state index is 8.99. The minimum Gasteiger partial charge on any atom is -0.347 e. The van der Waals surface area contributed by atoms with Crippen LogP contribution in [0.3, 0.4) is 0 Å². The highest BCUT2D eigenvalue weighted by molar-refractivity contribution is 6.32. The van der Waals surface area contributed by atoms with Gasteiger partial charge in [-0.1, -0.05) is 49.7 Å². The fraction of sp³-hybridized carbons (Fsp3) is 0.304. The number of benzene rings is 1. The second-order valence-corrected chi connectivity index (χ2v) is 7.80. The number of likely N-dealkylation sites (N-methyl/N-ethyl adjacent to an activating group) is 1. The van der Waals surface area contributed by atoms with Crippen LogP contribution in [-0.4, -0.2) is 7.05 Å². The van der Waals surface area contributed by atoms with Crippen LogP contribution in [-0.2, 0) is 5.41 Å². The molecule has 2 aliphatic rings. The van der Waals surface area contributed by atoms with E-state index in [4.69, 9.17) is 22.1 Å². The van der Waals surface area contributed by atoms with Crippen LogP contribution in [0.5, 0.6) is 0 Å². The molecule has 1 heterocycles. The van der Waals surface area contributed by atoms with E-state index in [9.17, 15) is 0 Å². The largest absolute Gasteiger partial charge is 0.347 e. The Morgan fingerprint density at radius 1 is 1.15 bits per heavy atom. The van der Waals surface area contributed by atoms with E-state index in [0.29, 0.717) is 5.03 Å². The summed E-state index contributed by atoms with van der Waals surface area (Å²) in [7, 11) is 2.09. The first-order valence-electron chi connectivity index (χ1n) is 9.05. The van der Waals surface area contributed by atoms with Crippen LogP contribution >= 0.6 is 11.6 Å². The number of rotatable bonds is 2. The Kier molecular flexibility index (Phi) is 5.26. The van der Waals surface area contributed by atoms with Gasteiger partial charge in [0.05, 0.1) is 0 Å². The predicted octanol–water partition coefficient (Wildman–Crippen LogP) is 5.87. The number of halogens is 1. The average molecular weight is 376 g/mol. The van der Waals surface area contributed by atoms with Crippen molar-refractivity contribution in [2.24, 2.45) is 0 Å². The van der Waals surface area contributed by atoms with Crippen LogP contribution < -0.4 is 4.90 Å². The summed E-state index contributed by atoms with van der Waals surface area (Å²) in [4.78, 5) is 2.23. The van der Waals surface area contributed by atoms with Gasteiger partial charge in [-0.2, -0.15) is 10.5 Å². The van der Waals surface area contributed by atoms with Gasteiger partial charge in [0.25, 0.3) is 0 Å². The SMILES string of the molecule is CN1/C(=C/C=C2\CCCC(C=C(C#N)C#N)=C2Cl)C(C)(C)c2ccccc21. The second kappa shape index (κ2) is 7.47. The van der Waals surface area contributed by atoms with Crippen molar-refractivity contribution in [1.82, 2.24) is 0 Å². The molecule has 1 aliphatic carbocycles. The summed E-state index contributed by atoms with van der Waals surface area (Å²) in [6.45, 7) is 4.47. The molecule has 0 radical (unpaired) electrons. The van der Waals surface area contributed by atoms with Crippen molar-refractivity contribution < 1.29 is 0 Å². The summed E-state index contributed by atoms with van der Waals surface area (Å²) in [5.74, 6) is 0. The lowest BCUT2D eigenvalue weighted by molar-refractivity contribution is 0.640. The molecule has 0 bridgehead atoms. The highest BCUT2D eigenvalue weighted by Crippen LogP contribution is 2.46. The number of para-hydroxylation sites is 1. The Bertz CT molecular complexity index is 962. The minimum absolute atomic E-state index is 0.0786. The highest BCUT2D eigenvalue weighted by Gasteiger charge is 2.37. The van der Waals surface area contributed by atoms with Crippen LogP contribution in [0.4, 0.5) is 5.69 Å². The van der Waals surface area contributed by atoms with Crippen molar-refractivity contribution in [1.29, 1.82) is 10.5 Å². The standard InChI is InChI=1S/C23H22ClN3/c1-23(2)19-9-4-5-10-20(19)27(3)21(23)12-11-17-7-6-8-18(22(17)24)13-16(14-25)15-26/h4-5,9-13H,6-8H2,1-3H3/b17-11+,21-12+. The third-order valence-electron chi connectivity index (χ3n) is 5.40. The van der Waals surface area contributed by atoms with Crippen LogP contribution in [0, 0.1) is 22.7 Å². The van der Waals surface area contributed by atoms with Gasteiger partial charge < -0.3 is 4.90 Å². The molecule has 0 fully saturated rings. The molecule has 27 heavy (non-hydrogen) atoms. The van der Waals surface area contributed by atoms with Gasteiger partial charge in [-0.15, -0.1) is 0 Å². The Hall–Kier alpha value is -2.75. The van der Waals surface area contributed by atoms with Gasteiger partial charge in [0.1, 0.15) is 17.7 Å². The monoisotopic (exact) mass is 375 g/mol. The predicted molar refractivity (Wildman–Crippen MR) is 110 cm³/mol. The molecule has 1 aromatic rings. The van der Waals surface area contributed by atoms with E-state index in [0.717, 1.165) is 30.4 Å². The molecule has 0 N–H and O–H groups in total. The summed E-state index contributed by atoms with van der Waals surface area (Å²) in [5.41, 5.74) is 5.70. The maximum atomic E-state index is 8.99. The average Bonchev–Trinajstić information content (AvgIpc) is 2.86. The second-order valence-electron chi connectivity index (χ2n) is 7.42. The number of hydrogen-bond acceptors (Lipinski definition) is 3. The lowest BCUT2D eigenvalue weighted by atomic mass is 9.83. The van der Waals surface area contributed by atoms with Crippen molar-refractivity contribution in [3.8, 4) is 12.1 Å². The zero-order valence-electron chi connectivity index (χ0n) is 15.9. The van der Waals surface area contributed by atoms with Gasteiger partial charge in [-0.05, 0) is 54.2 Å². The molecule has 3 nitrogen and oxygen atoms in total. The molecule has 136 valence electrons. The molecule has 1 aliphatic heterocycles. The fourth-order valence-electron chi connectivity index (χ4n) is 3.93. The van der Waals surface area contributed by atoms with Crippen molar-refractivity contribution in [3.63, 3.8) is 0 Å². The van der Waals surface area contributed by atoms with E-state index < -0.39 is 0 Å². The van der Waals surface area contributed by atoms with Gasteiger partial charge >= 0.3 is 0 Å². The molecule has 0 saturated heterocycles. The number of fused-ring (bicyclic) bond motifs is 1. The molecule has 0 aromatic heterocycles. The first-order valence-corrected chi connectivity index (χ1v) is 9.43. The number of hydrogen-bond donors (Lipinski definition) is 0. The molecule has 3 rings (SSSR count). The van der Waals surface area contributed by atoms with E-state index in [1.165, 1.54) is 16.9 Å². The van der Waals surface area contributed by atoms with Gasteiger partial charge in [0.15, 0.2) is 0 Å². The third-order valence-corrected chi connectivity index (χ3v) is 5.88. The number of allylic oxidation sites excluding steroid dienone is 8. The summed E-state index contributed by atoms with van der Waals surface area (Å²) >= 11 is 6.59. The first kappa shape index (κ1) is 19.0. The van der Waals surface area contributed by atoms with Crippen molar-refractivity contribution in [2.45, 2.75) is 38.5 Å². The Balaban J connectivity index is 2.00. The molecule has 0 atom stereocenters. The fourth-order valence-corrected chi connectivity index (χ4v) is 4.24. The highest BCUT2D eigenvalue weighted by atomic mass is 35.5. The van der Waals surface area contributed by atoms with Crippen LogP contribution in [0.1, 0.15) is 38.7 Å². The maximum Gasteiger partial charge on any atom is 0.129 e. The normalized spacial score (nSPS) is 21.0. The van der Waals surface area contributed by atoms with Crippen molar-refractivity contribution in [2.75, 3.05) is 11.9 Å². The van der Waals surface area contributed by atoms with Gasteiger partial charge in [0.2, 0.25) is 0 Å². The van der Waals surface area contributed by atoms with Crippen molar-refractivity contribution in [3.05, 3.63) is 75.5 Å². The minimum atomic E-state index is -0.0786. The molecule has 0 unspecified atom stereocenters. The van der Waals surface area contributed by atoms with Gasteiger partial charge in [-0.3, -0.25) is 0 Å². The zero-order valence-corrected chi connectivity index (χ0v) is 16.6. The quantitative estimate of drug-likeness (QED) is 0.607. The van der Waals surface area contributed by atoms with E-state index >= 15 is 0 Å². The van der Waals surface area contributed by atoms with E-state index in [-0.39, 0.29) is 11.0 Å². The smallest absolute Gasteiger partial charge is 0.129 e. The van der Waals surface area contributed by atoms with Crippen LogP contribution in [0.25, 0.3) is 0 Å². The van der Waals surface area contributed by atoms with E-state index in [1.807, 2.05) is 12.1 Å². The van der Waals surface area contributed by atoms with Crippen molar-refractivity contribution >= 4 is 17.3 Å². The number of nitriles is 2. The molecule has 0 amide bonds. The van der Waals surface area contributed by atoms with Gasteiger partial charge in [-0.25, -0.2) is 0 Å². The summed E-state index contributed by atoms with van der Waals surface area (Å²) in [6.07, 6.45) is 8.50. The first-order chi connectivity index (χ1) is 12.9. The Morgan fingerprint density at radius 2 is 1.85 bits per heavy atom. The molecular formula is C23H22ClN3. The Labute approximate surface area is 166 Å². The lowest BCUT2D eigenvalue weighted by Gasteiger charge is -2.24. The van der Waals surface area contributed by atoms with E-state index in [1.54, 1.807) is 6.08 Å². The van der Waals surface area contributed by atoms with E-state index in [2.05, 4.69) is 62.2 Å². The summed E-state index contributed by atoms with van der Waals surface area (Å²) in [5, 5.41) is 18.6. The zero-order chi connectivity index (χ0) is 19.6. The molecule has 0 saturated carbocycles. The molecule has 4 heteroatoms. The summed E-state index contributed by atoms with van der Waals surface area (Å²) in [6, 6.07) is 12.3. The molecular weight excluding hydrogens is 354 g/mol. The summed E-state index contributed by atoms with van der Waals surface area (Å²) < 4.78 is 0. The Morgan fingerprint density at radius 3 is 2.52 bits per heavy atom. The number of nitrogens with zero attached hydrogens (tertiary/aromatic N) is 3. The third kappa shape index (κ3) is 3.44. The van der Waals surface area contributed by atoms with Gasteiger partial charge in [0, 0.05) is 28.9 Å². The number of anilines is 1. The lowest BCUT2D eigenvalue weighted by Crippen LogP contribution is -2.22. The molecule has 0 spiro atoms.